The highest BCUT2D eigenvalue weighted by Gasteiger charge is 2.15. The van der Waals surface area contributed by atoms with Crippen molar-refractivity contribution in [3.8, 4) is 11.6 Å². The molecule has 112 valence electrons. The molecule has 0 fully saturated rings. The molecule has 1 heterocycles. The Morgan fingerprint density at radius 2 is 2.00 bits per heavy atom. The van der Waals surface area contributed by atoms with Gasteiger partial charge in [-0.25, -0.2) is 9.37 Å². The topological polar surface area (TPSA) is 47.0 Å². The van der Waals surface area contributed by atoms with E-state index in [1.54, 1.807) is 14.0 Å². The zero-order chi connectivity index (χ0) is 15.4. The zero-order valence-electron chi connectivity index (χ0n) is 12.2. The second-order valence-electron chi connectivity index (χ2n) is 4.57. The van der Waals surface area contributed by atoms with Crippen molar-refractivity contribution in [2.45, 2.75) is 26.7 Å². The molecule has 0 amide bonds. The molecule has 1 N–H and O–H groups in total. The van der Waals surface area contributed by atoms with Crippen LogP contribution in [-0.4, -0.2) is 17.0 Å². The number of aromatic nitrogens is 2. The fourth-order valence-corrected chi connectivity index (χ4v) is 1.89. The standard InChI is InChI=1S/C15H17F2N3O/c1-4-6-12-19-14(18-3)9(2)15(20-12)21-11-8-5-7-10(16)13(11)17/h5,7-8H,4,6H2,1-3H3,(H,18,19,20). The van der Waals surface area contributed by atoms with E-state index < -0.39 is 11.6 Å². The molecule has 6 heteroatoms. The zero-order valence-corrected chi connectivity index (χ0v) is 12.2. The number of halogens is 2. The quantitative estimate of drug-likeness (QED) is 0.909. The van der Waals surface area contributed by atoms with Gasteiger partial charge in [0.2, 0.25) is 11.7 Å². The number of hydrogen-bond acceptors (Lipinski definition) is 4. The Balaban J connectivity index is 2.42. The van der Waals surface area contributed by atoms with Crippen LogP contribution in [0, 0.1) is 18.6 Å². The van der Waals surface area contributed by atoms with E-state index in [0.29, 0.717) is 23.6 Å². The van der Waals surface area contributed by atoms with Crippen LogP contribution in [0.2, 0.25) is 0 Å². The normalized spacial score (nSPS) is 10.5. The number of benzene rings is 1. The Kier molecular flexibility index (Phi) is 4.67. The van der Waals surface area contributed by atoms with Gasteiger partial charge in [0.05, 0.1) is 5.56 Å². The number of aryl methyl sites for hydroxylation is 1. The third-order valence-corrected chi connectivity index (χ3v) is 2.98. The predicted molar refractivity (Wildman–Crippen MR) is 76.7 cm³/mol. The highest BCUT2D eigenvalue weighted by atomic mass is 19.2. The summed E-state index contributed by atoms with van der Waals surface area (Å²) in [5.74, 6) is -0.747. The van der Waals surface area contributed by atoms with Gasteiger partial charge in [-0.3, -0.25) is 0 Å². The molecule has 1 aromatic heterocycles. The van der Waals surface area contributed by atoms with E-state index in [0.717, 1.165) is 12.5 Å². The maximum atomic E-state index is 13.7. The second-order valence-corrected chi connectivity index (χ2v) is 4.57. The number of rotatable bonds is 5. The van der Waals surface area contributed by atoms with Crippen LogP contribution in [0.25, 0.3) is 0 Å². The van der Waals surface area contributed by atoms with Crippen molar-refractivity contribution in [3.63, 3.8) is 0 Å². The highest BCUT2D eigenvalue weighted by Crippen LogP contribution is 2.29. The summed E-state index contributed by atoms with van der Waals surface area (Å²) in [6, 6.07) is 3.78. The first kappa shape index (κ1) is 15.2. The van der Waals surface area contributed by atoms with Gasteiger partial charge in [0.1, 0.15) is 11.6 Å². The monoisotopic (exact) mass is 293 g/mol. The van der Waals surface area contributed by atoms with Crippen molar-refractivity contribution in [3.05, 3.63) is 41.2 Å². The van der Waals surface area contributed by atoms with Crippen LogP contribution in [0.5, 0.6) is 11.6 Å². The van der Waals surface area contributed by atoms with Gasteiger partial charge in [-0.05, 0) is 25.5 Å². The summed E-state index contributed by atoms with van der Waals surface area (Å²) in [7, 11) is 1.73. The predicted octanol–water partition coefficient (Wildman–Crippen LogP) is 3.85. The van der Waals surface area contributed by atoms with E-state index in [1.807, 2.05) is 6.92 Å². The number of anilines is 1. The lowest BCUT2D eigenvalue weighted by Crippen LogP contribution is -2.06. The molecule has 0 aliphatic heterocycles. The minimum absolute atomic E-state index is 0.193. The fraction of sp³-hybridized carbons (Fsp3) is 0.333. The molecule has 0 unspecified atom stereocenters. The third-order valence-electron chi connectivity index (χ3n) is 2.98. The molecule has 0 atom stereocenters. The fourth-order valence-electron chi connectivity index (χ4n) is 1.89. The van der Waals surface area contributed by atoms with Crippen molar-refractivity contribution >= 4 is 5.82 Å². The van der Waals surface area contributed by atoms with E-state index in [4.69, 9.17) is 4.74 Å². The van der Waals surface area contributed by atoms with Crippen molar-refractivity contribution in [2.75, 3.05) is 12.4 Å². The van der Waals surface area contributed by atoms with Gasteiger partial charge in [-0.2, -0.15) is 9.37 Å². The third kappa shape index (κ3) is 3.26. The van der Waals surface area contributed by atoms with Crippen molar-refractivity contribution in [2.24, 2.45) is 0 Å². The summed E-state index contributed by atoms with van der Waals surface area (Å²) in [6.07, 6.45) is 1.55. The molecule has 0 aliphatic rings. The maximum Gasteiger partial charge on any atom is 0.227 e. The lowest BCUT2D eigenvalue weighted by atomic mass is 10.2. The van der Waals surface area contributed by atoms with E-state index in [9.17, 15) is 8.78 Å². The first-order valence-electron chi connectivity index (χ1n) is 6.74. The molecule has 21 heavy (non-hydrogen) atoms. The first-order valence-corrected chi connectivity index (χ1v) is 6.74. The summed E-state index contributed by atoms with van der Waals surface area (Å²) in [4.78, 5) is 8.63. The van der Waals surface area contributed by atoms with Crippen LogP contribution in [0.3, 0.4) is 0 Å². The molecule has 4 nitrogen and oxygen atoms in total. The van der Waals surface area contributed by atoms with Crippen molar-refractivity contribution < 1.29 is 13.5 Å². The van der Waals surface area contributed by atoms with E-state index in [2.05, 4.69) is 15.3 Å². The van der Waals surface area contributed by atoms with Gasteiger partial charge in [-0.1, -0.05) is 13.0 Å². The summed E-state index contributed by atoms with van der Waals surface area (Å²) in [5, 5.41) is 2.95. The maximum absolute atomic E-state index is 13.7. The highest BCUT2D eigenvalue weighted by molar-refractivity contribution is 5.49. The number of hydrogen-bond donors (Lipinski definition) is 1. The summed E-state index contributed by atoms with van der Waals surface area (Å²) >= 11 is 0. The Hall–Kier alpha value is -2.24. The van der Waals surface area contributed by atoms with Crippen LogP contribution in [0.4, 0.5) is 14.6 Å². The molecule has 0 aliphatic carbocycles. The van der Waals surface area contributed by atoms with E-state index in [-0.39, 0.29) is 11.6 Å². The first-order chi connectivity index (χ1) is 10.1. The van der Waals surface area contributed by atoms with Crippen molar-refractivity contribution in [1.29, 1.82) is 0 Å². The summed E-state index contributed by atoms with van der Waals surface area (Å²) in [5.41, 5.74) is 0.640. The van der Waals surface area contributed by atoms with Crippen LogP contribution >= 0.6 is 0 Å². The largest absolute Gasteiger partial charge is 0.435 e. The smallest absolute Gasteiger partial charge is 0.227 e. The molecule has 0 saturated heterocycles. The number of ether oxygens (including phenoxy) is 1. The van der Waals surface area contributed by atoms with Crippen LogP contribution in [0.15, 0.2) is 18.2 Å². The number of nitrogens with zero attached hydrogens (tertiary/aromatic N) is 2. The second kappa shape index (κ2) is 6.47. The molecule has 1 aromatic carbocycles. The average molecular weight is 293 g/mol. The molecule has 2 rings (SSSR count). The molecular weight excluding hydrogens is 276 g/mol. The summed E-state index contributed by atoms with van der Waals surface area (Å²) < 4.78 is 32.4. The van der Waals surface area contributed by atoms with E-state index in [1.165, 1.54) is 12.1 Å². The molecule has 0 spiro atoms. The lowest BCUT2D eigenvalue weighted by Gasteiger charge is -2.13. The Labute approximate surface area is 122 Å². The SMILES string of the molecule is CCCc1nc(NC)c(C)c(Oc2cccc(F)c2F)n1. The van der Waals surface area contributed by atoms with Gasteiger partial charge in [0.25, 0.3) is 0 Å². The van der Waals surface area contributed by atoms with Gasteiger partial charge in [-0.15, -0.1) is 0 Å². The Morgan fingerprint density at radius 1 is 1.24 bits per heavy atom. The minimum atomic E-state index is -1.03. The summed E-state index contributed by atoms with van der Waals surface area (Å²) in [6.45, 7) is 3.77. The van der Waals surface area contributed by atoms with E-state index >= 15 is 0 Å². The lowest BCUT2D eigenvalue weighted by molar-refractivity contribution is 0.401. The van der Waals surface area contributed by atoms with Gasteiger partial charge >= 0.3 is 0 Å². The molecule has 0 saturated carbocycles. The average Bonchev–Trinajstić information content (AvgIpc) is 2.47. The molecular formula is C15H17F2N3O. The Bertz CT molecular complexity index is 647. The van der Waals surface area contributed by atoms with Crippen LogP contribution < -0.4 is 10.1 Å². The van der Waals surface area contributed by atoms with Crippen molar-refractivity contribution in [1.82, 2.24) is 9.97 Å². The molecule has 2 aromatic rings. The Morgan fingerprint density at radius 3 is 2.67 bits per heavy atom. The molecule has 0 radical (unpaired) electrons. The van der Waals surface area contributed by atoms with Gasteiger partial charge in [0, 0.05) is 13.5 Å². The molecule has 0 bridgehead atoms. The van der Waals surface area contributed by atoms with Gasteiger partial charge < -0.3 is 10.1 Å². The number of nitrogens with one attached hydrogen (secondary N) is 1. The van der Waals surface area contributed by atoms with Gasteiger partial charge in [0.15, 0.2) is 11.6 Å². The minimum Gasteiger partial charge on any atom is -0.435 e. The van der Waals surface area contributed by atoms with Crippen LogP contribution in [-0.2, 0) is 6.42 Å². The van der Waals surface area contributed by atoms with Crippen LogP contribution in [0.1, 0.15) is 24.7 Å².